The van der Waals surface area contributed by atoms with Crippen LogP contribution in [0.5, 0.6) is 0 Å². The quantitative estimate of drug-likeness (QED) is 0.663. The molecular weight excluding hydrogens is 318 g/mol. The van der Waals surface area contributed by atoms with Gasteiger partial charge in [-0.2, -0.15) is 9.61 Å². The Morgan fingerprint density at radius 2 is 2.18 bits per heavy atom. The van der Waals surface area contributed by atoms with Crippen molar-refractivity contribution in [2.45, 2.75) is 27.2 Å². The van der Waals surface area contributed by atoms with Crippen molar-refractivity contribution in [1.82, 2.24) is 14.6 Å². The minimum absolute atomic E-state index is 0.489. The Kier molecular flexibility index (Phi) is 4.02. The first kappa shape index (κ1) is 15.2. The van der Waals surface area contributed by atoms with E-state index in [1.165, 1.54) is 11.3 Å². The van der Waals surface area contributed by atoms with Crippen molar-refractivity contribution >= 4 is 34.2 Å². The number of fused-ring (bicyclic) bond motifs is 1. The third-order valence-corrected chi connectivity index (χ3v) is 4.76. The number of imidazole rings is 1. The molecule has 4 nitrogen and oxygen atoms in total. The van der Waals surface area contributed by atoms with Crippen LogP contribution in [0.3, 0.4) is 0 Å². The van der Waals surface area contributed by atoms with Crippen LogP contribution in [0.1, 0.15) is 34.9 Å². The molecule has 0 unspecified atom stereocenters. The van der Waals surface area contributed by atoms with E-state index in [0.29, 0.717) is 22.3 Å². The van der Waals surface area contributed by atoms with Gasteiger partial charge in [-0.15, -0.1) is 0 Å². The Morgan fingerprint density at radius 3 is 2.82 bits per heavy atom. The molecule has 22 heavy (non-hydrogen) atoms. The SMILES string of the molecule is Cc1cc(-c2nc3sc(CC(C)C)nn3c2C=O)ccc1Cl. The summed E-state index contributed by atoms with van der Waals surface area (Å²) in [6.45, 7) is 6.23. The van der Waals surface area contributed by atoms with E-state index in [9.17, 15) is 4.79 Å². The normalized spacial score (nSPS) is 11.5. The molecule has 0 radical (unpaired) electrons. The fraction of sp³-hybridized carbons (Fsp3) is 0.312. The minimum atomic E-state index is 0.489. The van der Waals surface area contributed by atoms with Gasteiger partial charge >= 0.3 is 0 Å². The predicted molar refractivity (Wildman–Crippen MR) is 90.0 cm³/mol. The number of benzene rings is 1. The van der Waals surface area contributed by atoms with Crippen LogP contribution in [0.4, 0.5) is 0 Å². The summed E-state index contributed by atoms with van der Waals surface area (Å²) in [6.07, 6.45) is 1.71. The molecule has 1 aromatic carbocycles. The van der Waals surface area contributed by atoms with Gasteiger partial charge in [-0.05, 0) is 30.5 Å². The summed E-state index contributed by atoms with van der Waals surface area (Å²) in [7, 11) is 0. The van der Waals surface area contributed by atoms with E-state index in [1.54, 1.807) is 4.52 Å². The number of nitrogens with zero attached hydrogens (tertiary/aromatic N) is 3. The first-order valence-electron chi connectivity index (χ1n) is 7.09. The lowest BCUT2D eigenvalue weighted by Crippen LogP contribution is -1.98. The summed E-state index contributed by atoms with van der Waals surface area (Å²) in [5.74, 6) is 0.522. The van der Waals surface area contributed by atoms with Crippen molar-refractivity contribution in [3.63, 3.8) is 0 Å². The number of aldehydes is 1. The number of aromatic nitrogens is 3. The van der Waals surface area contributed by atoms with E-state index in [2.05, 4.69) is 23.9 Å². The van der Waals surface area contributed by atoms with Crippen LogP contribution in [-0.4, -0.2) is 20.9 Å². The summed E-state index contributed by atoms with van der Waals surface area (Å²) >= 11 is 7.60. The third kappa shape index (κ3) is 2.66. The van der Waals surface area contributed by atoms with Crippen molar-refractivity contribution in [2.75, 3.05) is 0 Å². The maximum atomic E-state index is 11.5. The second-order valence-electron chi connectivity index (χ2n) is 5.72. The average molecular weight is 334 g/mol. The lowest BCUT2D eigenvalue weighted by molar-refractivity contribution is 0.111. The van der Waals surface area contributed by atoms with Gasteiger partial charge in [-0.25, -0.2) is 4.98 Å². The van der Waals surface area contributed by atoms with Gasteiger partial charge in [0.15, 0.2) is 6.29 Å². The molecule has 114 valence electrons. The molecule has 0 aliphatic carbocycles. The molecule has 0 spiro atoms. The van der Waals surface area contributed by atoms with E-state index in [1.807, 2.05) is 25.1 Å². The molecule has 0 amide bonds. The van der Waals surface area contributed by atoms with Crippen molar-refractivity contribution in [2.24, 2.45) is 5.92 Å². The van der Waals surface area contributed by atoms with E-state index in [4.69, 9.17) is 11.6 Å². The molecule has 0 saturated carbocycles. The largest absolute Gasteiger partial charge is 0.296 e. The Labute approximate surface area is 137 Å². The number of hydrogen-bond acceptors (Lipinski definition) is 4. The molecule has 0 saturated heterocycles. The first-order chi connectivity index (χ1) is 10.5. The Hall–Kier alpha value is -1.72. The van der Waals surface area contributed by atoms with E-state index >= 15 is 0 Å². The van der Waals surface area contributed by atoms with Gasteiger partial charge in [-0.3, -0.25) is 4.79 Å². The maximum absolute atomic E-state index is 11.5. The van der Waals surface area contributed by atoms with Crippen LogP contribution in [0.2, 0.25) is 5.02 Å². The second kappa shape index (κ2) is 5.82. The lowest BCUT2D eigenvalue weighted by atomic mass is 10.1. The number of carbonyl (C=O) groups is 1. The van der Waals surface area contributed by atoms with Crippen LogP contribution in [-0.2, 0) is 6.42 Å². The van der Waals surface area contributed by atoms with Gasteiger partial charge in [0.25, 0.3) is 0 Å². The zero-order chi connectivity index (χ0) is 15.9. The molecule has 3 rings (SSSR count). The van der Waals surface area contributed by atoms with Gasteiger partial charge in [0, 0.05) is 17.0 Å². The highest BCUT2D eigenvalue weighted by Crippen LogP contribution is 2.29. The summed E-state index contributed by atoms with van der Waals surface area (Å²) in [4.78, 5) is 16.9. The summed E-state index contributed by atoms with van der Waals surface area (Å²) in [5.41, 5.74) is 2.99. The van der Waals surface area contributed by atoms with Gasteiger partial charge in [0.05, 0.1) is 0 Å². The molecule has 0 fully saturated rings. The fourth-order valence-electron chi connectivity index (χ4n) is 2.35. The highest BCUT2D eigenvalue weighted by Gasteiger charge is 2.18. The van der Waals surface area contributed by atoms with E-state index < -0.39 is 0 Å². The molecule has 2 heterocycles. The summed E-state index contributed by atoms with van der Waals surface area (Å²) in [5, 5.41) is 6.23. The number of rotatable bonds is 4. The van der Waals surface area contributed by atoms with Gasteiger partial charge in [0.1, 0.15) is 16.4 Å². The van der Waals surface area contributed by atoms with Crippen molar-refractivity contribution in [3.05, 3.63) is 39.5 Å². The third-order valence-electron chi connectivity index (χ3n) is 3.41. The summed E-state index contributed by atoms with van der Waals surface area (Å²) < 4.78 is 1.65. The Bertz CT molecular complexity index is 851. The Morgan fingerprint density at radius 1 is 1.41 bits per heavy atom. The van der Waals surface area contributed by atoms with Gasteiger partial charge < -0.3 is 0 Å². The van der Waals surface area contributed by atoms with Crippen LogP contribution < -0.4 is 0 Å². The van der Waals surface area contributed by atoms with Crippen molar-refractivity contribution in [3.8, 4) is 11.3 Å². The van der Waals surface area contributed by atoms with Crippen LogP contribution >= 0.6 is 22.9 Å². The molecule has 6 heteroatoms. The topological polar surface area (TPSA) is 47.3 Å². The standard InChI is InChI=1S/C16H16ClN3OS/c1-9(2)6-14-19-20-13(8-21)15(18-16(20)22-14)11-4-5-12(17)10(3)7-11/h4-5,7-9H,6H2,1-3H3. The smallest absolute Gasteiger partial charge is 0.213 e. The fourth-order valence-corrected chi connectivity index (χ4v) is 3.58. The first-order valence-corrected chi connectivity index (χ1v) is 8.29. The summed E-state index contributed by atoms with van der Waals surface area (Å²) in [6, 6.07) is 5.65. The van der Waals surface area contributed by atoms with Crippen LogP contribution in [0.15, 0.2) is 18.2 Å². The number of aryl methyl sites for hydroxylation is 1. The molecule has 0 aliphatic heterocycles. The number of hydrogen-bond donors (Lipinski definition) is 0. The maximum Gasteiger partial charge on any atom is 0.213 e. The highest BCUT2D eigenvalue weighted by atomic mass is 35.5. The van der Waals surface area contributed by atoms with Crippen molar-refractivity contribution in [1.29, 1.82) is 0 Å². The van der Waals surface area contributed by atoms with Gasteiger partial charge in [-0.1, -0.05) is 42.9 Å². The van der Waals surface area contributed by atoms with E-state index in [-0.39, 0.29) is 0 Å². The average Bonchev–Trinajstić information content (AvgIpc) is 2.97. The lowest BCUT2D eigenvalue weighted by Gasteiger charge is -2.02. The zero-order valence-corrected chi connectivity index (χ0v) is 14.2. The molecule has 2 aromatic heterocycles. The Balaban J connectivity index is 2.12. The van der Waals surface area contributed by atoms with Gasteiger partial charge in [0.2, 0.25) is 4.96 Å². The number of carbonyl (C=O) groups excluding carboxylic acids is 1. The molecule has 0 N–H and O–H groups in total. The molecule has 3 aromatic rings. The second-order valence-corrected chi connectivity index (χ2v) is 7.16. The molecule has 0 aliphatic rings. The van der Waals surface area contributed by atoms with Crippen LogP contribution in [0.25, 0.3) is 16.2 Å². The van der Waals surface area contributed by atoms with Crippen molar-refractivity contribution < 1.29 is 4.79 Å². The zero-order valence-electron chi connectivity index (χ0n) is 12.6. The molecular formula is C16H16ClN3OS. The van der Waals surface area contributed by atoms with E-state index in [0.717, 1.165) is 33.8 Å². The predicted octanol–water partition coefficient (Wildman–Crippen LogP) is 4.43. The minimum Gasteiger partial charge on any atom is -0.296 e. The number of halogens is 1. The highest BCUT2D eigenvalue weighted by molar-refractivity contribution is 7.16. The van der Waals surface area contributed by atoms with Crippen LogP contribution in [0, 0.1) is 12.8 Å². The molecule has 0 atom stereocenters. The monoisotopic (exact) mass is 333 g/mol. The molecule has 0 bridgehead atoms.